The Morgan fingerprint density at radius 1 is 1.18 bits per heavy atom. The van der Waals surface area contributed by atoms with Crippen LogP contribution in [0.1, 0.15) is 5.56 Å². The molecule has 0 atom stereocenters. The van der Waals surface area contributed by atoms with Gasteiger partial charge in [-0.3, -0.25) is 5.43 Å². The van der Waals surface area contributed by atoms with E-state index in [0.29, 0.717) is 5.13 Å². The maximum absolute atomic E-state index is 12.9. The van der Waals surface area contributed by atoms with E-state index >= 15 is 0 Å². The molecule has 2 aromatic carbocycles. The number of rotatable bonds is 4. The number of phenols is 1. The topological polar surface area (TPSA) is 57.5 Å². The average molecular weight is 313 g/mol. The molecule has 0 amide bonds. The van der Waals surface area contributed by atoms with Crippen LogP contribution in [-0.4, -0.2) is 16.3 Å². The Morgan fingerprint density at radius 2 is 2.00 bits per heavy atom. The predicted molar refractivity (Wildman–Crippen MR) is 86.8 cm³/mol. The molecular formula is C16H12FN3OS. The van der Waals surface area contributed by atoms with Crippen LogP contribution < -0.4 is 5.43 Å². The highest BCUT2D eigenvalue weighted by Crippen LogP contribution is 2.24. The van der Waals surface area contributed by atoms with Crippen molar-refractivity contribution in [1.82, 2.24) is 4.98 Å². The molecule has 0 spiro atoms. The van der Waals surface area contributed by atoms with Crippen molar-refractivity contribution in [3.05, 3.63) is 65.3 Å². The summed E-state index contributed by atoms with van der Waals surface area (Å²) in [5, 5.41) is 15.9. The van der Waals surface area contributed by atoms with E-state index in [4.69, 9.17) is 0 Å². The molecule has 4 nitrogen and oxygen atoms in total. The normalized spacial score (nSPS) is 11.0. The second kappa shape index (κ2) is 6.36. The first-order valence-corrected chi connectivity index (χ1v) is 7.38. The van der Waals surface area contributed by atoms with Gasteiger partial charge in [0.2, 0.25) is 5.13 Å². The van der Waals surface area contributed by atoms with Crippen molar-refractivity contribution in [2.24, 2.45) is 5.10 Å². The third kappa shape index (κ3) is 3.48. The van der Waals surface area contributed by atoms with E-state index in [1.54, 1.807) is 36.5 Å². The van der Waals surface area contributed by atoms with Gasteiger partial charge in [0.05, 0.1) is 11.9 Å². The maximum atomic E-state index is 12.9. The lowest BCUT2D eigenvalue weighted by Gasteiger charge is -1.96. The van der Waals surface area contributed by atoms with Crippen molar-refractivity contribution >= 4 is 22.7 Å². The first kappa shape index (κ1) is 14.2. The van der Waals surface area contributed by atoms with Crippen LogP contribution in [0.2, 0.25) is 0 Å². The summed E-state index contributed by atoms with van der Waals surface area (Å²) in [6, 6.07) is 13.0. The molecule has 0 bridgehead atoms. The fraction of sp³-hybridized carbons (Fsp3) is 0. The number of thiazole rings is 1. The minimum Gasteiger partial charge on any atom is -0.508 e. The van der Waals surface area contributed by atoms with Gasteiger partial charge >= 0.3 is 0 Å². The summed E-state index contributed by atoms with van der Waals surface area (Å²) in [6.07, 6.45) is 1.60. The first-order valence-electron chi connectivity index (χ1n) is 6.50. The number of nitrogens with zero attached hydrogens (tertiary/aromatic N) is 2. The summed E-state index contributed by atoms with van der Waals surface area (Å²) >= 11 is 1.41. The zero-order chi connectivity index (χ0) is 15.4. The van der Waals surface area contributed by atoms with Gasteiger partial charge < -0.3 is 5.11 Å². The summed E-state index contributed by atoms with van der Waals surface area (Å²) in [5.41, 5.74) is 5.23. The third-order valence-electron chi connectivity index (χ3n) is 2.89. The number of hydrogen-bond acceptors (Lipinski definition) is 5. The number of aromatic hydroxyl groups is 1. The number of hydrogen-bond donors (Lipinski definition) is 2. The van der Waals surface area contributed by atoms with Crippen LogP contribution in [0.4, 0.5) is 9.52 Å². The van der Waals surface area contributed by atoms with Crippen LogP contribution in [-0.2, 0) is 0 Å². The van der Waals surface area contributed by atoms with Crippen LogP contribution in [0.25, 0.3) is 11.3 Å². The molecule has 0 aliphatic heterocycles. The van der Waals surface area contributed by atoms with E-state index in [1.165, 1.54) is 23.5 Å². The molecule has 0 unspecified atom stereocenters. The van der Waals surface area contributed by atoms with Gasteiger partial charge in [0, 0.05) is 10.9 Å². The lowest BCUT2D eigenvalue weighted by Crippen LogP contribution is -1.90. The molecule has 3 rings (SSSR count). The largest absolute Gasteiger partial charge is 0.508 e. The quantitative estimate of drug-likeness (QED) is 0.563. The number of aromatic nitrogens is 1. The smallest absolute Gasteiger partial charge is 0.203 e. The summed E-state index contributed by atoms with van der Waals surface area (Å²) in [4.78, 5) is 4.38. The van der Waals surface area contributed by atoms with Crippen molar-refractivity contribution in [2.75, 3.05) is 5.43 Å². The van der Waals surface area contributed by atoms with Gasteiger partial charge in [0.25, 0.3) is 0 Å². The van der Waals surface area contributed by atoms with Gasteiger partial charge in [-0.05, 0) is 42.0 Å². The lowest BCUT2D eigenvalue weighted by atomic mass is 10.2. The molecular weight excluding hydrogens is 301 g/mol. The van der Waals surface area contributed by atoms with Crippen molar-refractivity contribution in [2.45, 2.75) is 0 Å². The monoisotopic (exact) mass is 313 g/mol. The van der Waals surface area contributed by atoms with E-state index in [0.717, 1.165) is 16.8 Å². The summed E-state index contributed by atoms with van der Waals surface area (Å²) in [6.45, 7) is 0. The predicted octanol–water partition coefficient (Wildman–Crippen LogP) is 4.10. The number of benzene rings is 2. The molecule has 110 valence electrons. The van der Waals surface area contributed by atoms with Crippen molar-refractivity contribution in [1.29, 1.82) is 0 Å². The highest BCUT2D eigenvalue weighted by atomic mass is 32.1. The standard InChI is InChI=1S/C16H12FN3OS/c17-13-6-4-12(5-7-13)15-10-22-16(19-15)20-18-9-11-2-1-3-14(21)8-11/h1-10,21H,(H,19,20)/b18-9-. The fourth-order valence-electron chi connectivity index (χ4n) is 1.85. The van der Waals surface area contributed by atoms with Crippen molar-refractivity contribution < 1.29 is 9.50 Å². The molecule has 0 aliphatic carbocycles. The van der Waals surface area contributed by atoms with Gasteiger partial charge in [0.1, 0.15) is 11.6 Å². The Kier molecular flexibility index (Phi) is 4.11. The zero-order valence-corrected chi connectivity index (χ0v) is 12.2. The molecule has 0 aliphatic rings. The van der Waals surface area contributed by atoms with E-state index in [2.05, 4.69) is 15.5 Å². The van der Waals surface area contributed by atoms with Crippen molar-refractivity contribution in [3.8, 4) is 17.0 Å². The summed E-state index contributed by atoms with van der Waals surface area (Å²) < 4.78 is 12.9. The Morgan fingerprint density at radius 3 is 2.77 bits per heavy atom. The highest BCUT2D eigenvalue weighted by molar-refractivity contribution is 7.14. The number of hydrazone groups is 1. The van der Waals surface area contributed by atoms with Gasteiger partial charge in [-0.2, -0.15) is 5.10 Å². The maximum Gasteiger partial charge on any atom is 0.203 e. The van der Waals surface area contributed by atoms with Crippen LogP contribution >= 0.6 is 11.3 Å². The molecule has 0 saturated heterocycles. The number of nitrogens with one attached hydrogen (secondary N) is 1. The molecule has 3 aromatic rings. The van der Waals surface area contributed by atoms with Gasteiger partial charge in [-0.1, -0.05) is 12.1 Å². The molecule has 1 aromatic heterocycles. The van der Waals surface area contributed by atoms with Gasteiger partial charge in [-0.15, -0.1) is 11.3 Å². The van der Waals surface area contributed by atoms with Crippen LogP contribution in [0.3, 0.4) is 0 Å². The third-order valence-corrected chi connectivity index (χ3v) is 3.64. The minimum atomic E-state index is -0.270. The molecule has 0 radical (unpaired) electrons. The van der Waals surface area contributed by atoms with Crippen molar-refractivity contribution in [3.63, 3.8) is 0 Å². The Labute approximate surface area is 130 Å². The van der Waals surface area contributed by atoms with Crippen LogP contribution in [0.5, 0.6) is 5.75 Å². The minimum absolute atomic E-state index is 0.191. The summed E-state index contributed by atoms with van der Waals surface area (Å²) in [7, 11) is 0. The van der Waals surface area contributed by atoms with Gasteiger partial charge in [0.15, 0.2) is 0 Å². The molecule has 6 heteroatoms. The number of halogens is 1. The molecule has 2 N–H and O–H groups in total. The zero-order valence-electron chi connectivity index (χ0n) is 11.4. The molecule has 0 saturated carbocycles. The Balaban J connectivity index is 1.68. The fourth-order valence-corrected chi connectivity index (χ4v) is 2.51. The molecule has 0 fully saturated rings. The SMILES string of the molecule is Oc1cccc(/C=N\Nc2nc(-c3ccc(F)cc3)cs2)c1. The van der Waals surface area contributed by atoms with Crippen LogP contribution in [0, 0.1) is 5.82 Å². The van der Waals surface area contributed by atoms with Gasteiger partial charge in [-0.25, -0.2) is 9.37 Å². The average Bonchev–Trinajstić information content (AvgIpc) is 2.97. The molecule has 22 heavy (non-hydrogen) atoms. The Hall–Kier alpha value is -2.73. The van der Waals surface area contributed by atoms with E-state index in [1.807, 2.05) is 11.4 Å². The second-order valence-electron chi connectivity index (χ2n) is 4.51. The Bertz CT molecular complexity index is 799. The highest BCUT2D eigenvalue weighted by Gasteiger charge is 2.03. The second-order valence-corrected chi connectivity index (χ2v) is 5.37. The number of anilines is 1. The summed E-state index contributed by atoms with van der Waals surface area (Å²) in [5.74, 6) is -0.0789. The van der Waals surface area contributed by atoms with E-state index < -0.39 is 0 Å². The number of phenolic OH excluding ortho intramolecular Hbond substituents is 1. The molecule has 1 heterocycles. The first-order chi connectivity index (χ1) is 10.7. The van der Waals surface area contributed by atoms with Crippen LogP contribution in [0.15, 0.2) is 59.0 Å². The van der Waals surface area contributed by atoms with E-state index in [-0.39, 0.29) is 11.6 Å². The lowest BCUT2D eigenvalue weighted by molar-refractivity contribution is 0.475. The van der Waals surface area contributed by atoms with E-state index in [9.17, 15) is 9.50 Å².